The number of alkyl halides is 3. The molecule has 1 amide bonds. The van der Waals surface area contributed by atoms with Gasteiger partial charge in [-0.05, 0) is 57.6 Å². The first kappa shape index (κ1) is 33.0. The molecule has 3 aromatic rings. The molecule has 1 saturated heterocycles. The highest BCUT2D eigenvalue weighted by Crippen LogP contribution is 2.59. The predicted octanol–water partition coefficient (Wildman–Crippen LogP) is 4.40. The summed E-state index contributed by atoms with van der Waals surface area (Å²) in [5.74, 6) is 0.236. The summed E-state index contributed by atoms with van der Waals surface area (Å²) in [6.45, 7) is 12.6. The summed E-state index contributed by atoms with van der Waals surface area (Å²) < 4.78 is 77.5. The van der Waals surface area contributed by atoms with Gasteiger partial charge in [0.05, 0.1) is 22.9 Å². The number of hydrogen-bond donors (Lipinski definition) is 1. The number of ether oxygens (including phenoxy) is 1. The molecule has 4 heterocycles. The van der Waals surface area contributed by atoms with Crippen molar-refractivity contribution in [1.29, 1.82) is 0 Å². The van der Waals surface area contributed by atoms with Gasteiger partial charge in [-0.25, -0.2) is 22.8 Å². The monoisotopic (exact) mass is 667 g/mol. The molecular weight excluding hydrogens is 628 g/mol. The summed E-state index contributed by atoms with van der Waals surface area (Å²) in [6.07, 6.45) is -0.377. The van der Waals surface area contributed by atoms with Gasteiger partial charge < -0.3 is 9.64 Å². The average Bonchev–Trinajstić information content (AvgIpc) is 3.23. The number of carbonyl (C=O) groups excluding carboxylic acids is 1. The molecule has 1 aliphatic heterocycles. The molecule has 0 aromatic carbocycles. The molecule has 0 unspecified atom stereocenters. The smallest absolute Gasteiger partial charge is 0.394 e. The van der Waals surface area contributed by atoms with Crippen LogP contribution in [0.25, 0.3) is 5.82 Å². The van der Waals surface area contributed by atoms with E-state index in [0.29, 0.717) is 23.5 Å². The Hall–Kier alpha value is -3.40. The molecule has 3 aromatic heterocycles. The fraction of sp³-hybridized carbons (Fsp3) is 0.586. The normalized spacial score (nSPS) is 19.5. The fourth-order valence-corrected chi connectivity index (χ4v) is 9.65. The maximum atomic E-state index is 13.7. The van der Waals surface area contributed by atoms with Crippen molar-refractivity contribution in [2.45, 2.75) is 82.7 Å². The fourth-order valence-electron chi connectivity index (χ4n) is 6.01. The van der Waals surface area contributed by atoms with Crippen molar-refractivity contribution < 1.29 is 31.1 Å². The molecular formula is C29H40F3N7O4SSi. The molecule has 0 radical (unpaired) electrons. The van der Waals surface area contributed by atoms with Crippen LogP contribution in [0.5, 0.6) is 5.88 Å². The Labute approximate surface area is 262 Å². The zero-order chi connectivity index (χ0) is 33.2. The SMILES string of the molecule is C[C@@H]1CN(c2nc(-n3ccc(OCCC4(C(F)(F)F)CC4)n3)ccc2C(=O)NS(=O)(=O)c2cn(C)nc2[Si](C)(C)C)C(C)(C)C1. The van der Waals surface area contributed by atoms with Gasteiger partial charge in [0, 0.05) is 37.6 Å². The van der Waals surface area contributed by atoms with Crippen LogP contribution >= 0.6 is 0 Å². The van der Waals surface area contributed by atoms with E-state index < -0.39 is 35.6 Å². The number of pyridine rings is 1. The standard InChI is InChI=1S/C29H40F3N7O4SSi/c1-19-16-27(2,3)38(17-19)24-20(25(40)36-44(41,42)21-18-37(4)35-26(21)45(5,6)7)8-9-22(33-24)39-14-10-23(34-39)43-15-13-28(11-12-28)29(30,31)32/h8-10,14,18-19H,11-13,15-17H2,1-7H3,(H,36,40)/t19-/m0/s1. The Morgan fingerprint density at radius 3 is 2.42 bits per heavy atom. The van der Waals surface area contributed by atoms with Gasteiger partial charge in [-0.1, -0.05) is 26.6 Å². The van der Waals surface area contributed by atoms with Crippen LogP contribution in [0.4, 0.5) is 19.0 Å². The lowest BCUT2D eigenvalue weighted by atomic mass is 9.97. The number of aromatic nitrogens is 5. The number of rotatable bonds is 10. The van der Waals surface area contributed by atoms with Crippen LogP contribution in [0, 0.1) is 11.3 Å². The molecule has 5 rings (SSSR count). The van der Waals surface area contributed by atoms with Gasteiger partial charge in [-0.15, -0.1) is 5.10 Å². The van der Waals surface area contributed by atoms with Crippen molar-refractivity contribution in [1.82, 2.24) is 29.3 Å². The van der Waals surface area contributed by atoms with Gasteiger partial charge in [0.15, 0.2) is 5.82 Å². The molecule has 2 fully saturated rings. The minimum Gasteiger partial charge on any atom is -0.477 e. The molecule has 1 saturated carbocycles. The van der Waals surface area contributed by atoms with Crippen LogP contribution in [-0.2, 0) is 17.1 Å². The number of nitrogens with zero attached hydrogens (tertiary/aromatic N) is 6. The first-order chi connectivity index (χ1) is 20.7. The van der Waals surface area contributed by atoms with E-state index in [2.05, 4.69) is 21.8 Å². The number of anilines is 1. The number of halogens is 3. The van der Waals surface area contributed by atoms with Crippen molar-refractivity contribution in [3.05, 3.63) is 36.2 Å². The van der Waals surface area contributed by atoms with E-state index in [1.807, 2.05) is 38.4 Å². The molecule has 1 atom stereocenters. The summed E-state index contributed by atoms with van der Waals surface area (Å²) in [7, 11) is -4.80. The Kier molecular flexibility index (Phi) is 8.16. The van der Waals surface area contributed by atoms with Gasteiger partial charge in [0.1, 0.15) is 18.8 Å². The second kappa shape index (κ2) is 11.1. The van der Waals surface area contributed by atoms with Crippen molar-refractivity contribution in [2.24, 2.45) is 18.4 Å². The molecule has 45 heavy (non-hydrogen) atoms. The van der Waals surface area contributed by atoms with Crippen molar-refractivity contribution in [3.63, 3.8) is 0 Å². The molecule has 16 heteroatoms. The van der Waals surface area contributed by atoms with Crippen molar-refractivity contribution in [3.8, 4) is 11.7 Å². The van der Waals surface area contributed by atoms with Gasteiger partial charge in [-0.3, -0.25) is 9.48 Å². The van der Waals surface area contributed by atoms with Crippen molar-refractivity contribution >= 4 is 35.1 Å². The highest BCUT2D eigenvalue weighted by molar-refractivity contribution is 7.90. The summed E-state index contributed by atoms with van der Waals surface area (Å²) in [5.41, 5.74) is -1.97. The maximum absolute atomic E-state index is 13.7. The van der Waals surface area contributed by atoms with Crippen LogP contribution in [0.15, 0.2) is 35.5 Å². The molecule has 1 N–H and O–H groups in total. The maximum Gasteiger partial charge on any atom is 0.394 e. The van der Waals surface area contributed by atoms with E-state index in [-0.39, 0.29) is 53.7 Å². The van der Waals surface area contributed by atoms with Crippen LogP contribution in [-0.4, -0.2) is 71.8 Å². The van der Waals surface area contributed by atoms with Crippen LogP contribution in [0.2, 0.25) is 19.6 Å². The van der Waals surface area contributed by atoms with Crippen LogP contribution in [0.3, 0.4) is 0 Å². The molecule has 11 nitrogen and oxygen atoms in total. The molecule has 2 aliphatic rings. The topological polar surface area (TPSA) is 124 Å². The summed E-state index contributed by atoms with van der Waals surface area (Å²) in [6, 6.07) is 4.58. The number of amides is 1. The Balaban J connectivity index is 1.43. The third-order valence-electron chi connectivity index (χ3n) is 8.54. The summed E-state index contributed by atoms with van der Waals surface area (Å²) in [5, 5.41) is 9.19. The first-order valence-corrected chi connectivity index (χ1v) is 19.9. The van der Waals surface area contributed by atoms with E-state index in [9.17, 15) is 26.4 Å². The van der Waals surface area contributed by atoms with E-state index in [4.69, 9.17) is 9.72 Å². The van der Waals surface area contributed by atoms with E-state index >= 15 is 0 Å². The Morgan fingerprint density at radius 2 is 1.84 bits per heavy atom. The zero-order valence-corrected chi connectivity index (χ0v) is 28.4. The Bertz CT molecular complexity index is 1710. The third kappa shape index (κ3) is 6.62. The van der Waals surface area contributed by atoms with Crippen LogP contribution in [0.1, 0.15) is 56.8 Å². The van der Waals surface area contributed by atoms with E-state index in [1.54, 1.807) is 13.2 Å². The molecule has 0 bridgehead atoms. The predicted molar refractivity (Wildman–Crippen MR) is 165 cm³/mol. The highest BCUT2D eigenvalue weighted by Gasteiger charge is 2.62. The Morgan fingerprint density at radius 1 is 1.16 bits per heavy atom. The lowest BCUT2D eigenvalue weighted by molar-refractivity contribution is -0.190. The lowest BCUT2D eigenvalue weighted by Gasteiger charge is -2.34. The number of sulfonamides is 1. The van der Waals surface area contributed by atoms with Crippen LogP contribution < -0.4 is 19.7 Å². The summed E-state index contributed by atoms with van der Waals surface area (Å²) >= 11 is 0. The second-order valence-corrected chi connectivity index (χ2v) is 20.6. The minimum atomic E-state index is -4.26. The number of aryl methyl sites for hydroxylation is 1. The van der Waals surface area contributed by atoms with Crippen molar-refractivity contribution in [2.75, 3.05) is 18.1 Å². The van der Waals surface area contributed by atoms with Gasteiger partial charge in [-0.2, -0.15) is 18.3 Å². The second-order valence-electron chi connectivity index (χ2n) is 13.9. The molecule has 0 spiro atoms. The first-order valence-electron chi connectivity index (χ1n) is 14.9. The minimum absolute atomic E-state index is 0.0225. The zero-order valence-electron chi connectivity index (χ0n) is 26.6. The van der Waals surface area contributed by atoms with E-state index in [1.165, 1.54) is 33.8 Å². The van der Waals surface area contributed by atoms with Gasteiger partial charge >= 0.3 is 6.18 Å². The van der Waals surface area contributed by atoms with Gasteiger partial charge in [0.2, 0.25) is 5.88 Å². The van der Waals surface area contributed by atoms with E-state index in [0.717, 1.165) is 6.42 Å². The van der Waals surface area contributed by atoms with Gasteiger partial charge in [0.25, 0.3) is 15.9 Å². The summed E-state index contributed by atoms with van der Waals surface area (Å²) in [4.78, 5) is 20.4. The lowest BCUT2D eigenvalue weighted by Crippen LogP contribution is -2.45. The quantitative estimate of drug-likeness (QED) is 0.316. The largest absolute Gasteiger partial charge is 0.477 e. The number of hydrogen-bond acceptors (Lipinski definition) is 8. The molecule has 246 valence electrons. The molecule has 1 aliphatic carbocycles. The number of carbonyl (C=O) groups is 1. The highest BCUT2D eigenvalue weighted by atomic mass is 32.2. The average molecular weight is 668 g/mol. The number of nitrogens with one attached hydrogen (secondary N) is 1. The third-order valence-corrected chi connectivity index (χ3v) is 11.8.